The van der Waals surface area contributed by atoms with E-state index in [0.717, 1.165) is 25.4 Å². The van der Waals surface area contributed by atoms with E-state index < -0.39 is 10.8 Å². The summed E-state index contributed by atoms with van der Waals surface area (Å²) >= 11 is 0. The lowest BCUT2D eigenvalue weighted by atomic mass is 10.2. The molecule has 88 valence electrons. The van der Waals surface area contributed by atoms with E-state index >= 15 is 0 Å². The van der Waals surface area contributed by atoms with Crippen molar-refractivity contribution in [3.63, 3.8) is 0 Å². The molecule has 15 heavy (non-hydrogen) atoms. The molecule has 0 saturated heterocycles. The van der Waals surface area contributed by atoms with E-state index in [1.807, 2.05) is 0 Å². The van der Waals surface area contributed by atoms with Gasteiger partial charge in [-0.2, -0.15) is 0 Å². The summed E-state index contributed by atoms with van der Waals surface area (Å²) in [6.45, 7) is 2.18. The van der Waals surface area contributed by atoms with Crippen LogP contribution >= 0.6 is 0 Å². The topological polar surface area (TPSA) is 23.6 Å². The minimum atomic E-state index is -0.606. The smallest absolute Gasteiger partial charge is 0.0890 e. The quantitative estimate of drug-likeness (QED) is 0.621. The highest BCUT2D eigenvalue weighted by atomic mass is 32.2. The number of unbranched alkanes of at least 4 members (excludes halogenated alkanes) is 3. The number of hydrogen-bond donors (Lipinski definition) is 0. The lowest BCUT2D eigenvalue weighted by Gasteiger charge is -2.17. The molecule has 4 heteroatoms. The van der Waals surface area contributed by atoms with Gasteiger partial charge in [-0.1, -0.05) is 12.8 Å². The fourth-order valence-corrected chi connectivity index (χ4v) is 2.32. The molecule has 0 aromatic carbocycles. The molecule has 1 heterocycles. The third-order valence-corrected chi connectivity index (χ3v) is 3.43. The lowest BCUT2D eigenvalue weighted by Crippen LogP contribution is -2.23. The van der Waals surface area contributed by atoms with Crippen LogP contribution < -0.4 is 0 Å². The Morgan fingerprint density at radius 3 is 2.53 bits per heavy atom. The zero-order chi connectivity index (χ0) is 11.1. The summed E-state index contributed by atoms with van der Waals surface area (Å²) in [7, 11) is 1.48. The Bertz CT molecular complexity index is 231. The lowest BCUT2D eigenvalue weighted by molar-refractivity contribution is 0.291. The molecule has 0 amide bonds. The van der Waals surface area contributed by atoms with E-state index in [0.29, 0.717) is 0 Å². The minimum absolute atomic E-state index is 0.606. The van der Waals surface area contributed by atoms with Crippen LogP contribution in [0.15, 0.2) is 12.4 Å². The standard InChI is InChI=1S/C11H22N2OS/c1-12-8-9-13(11-12)7-5-3-4-6-10-15(2)14/h8-9H,3-7,10-11H2,1-2H3. The van der Waals surface area contributed by atoms with Gasteiger partial charge >= 0.3 is 0 Å². The molecule has 0 saturated carbocycles. The van der Waals surface area contributed by atoms with Crippen LogP contribution in [0.3, 0.4) is 0 Å². The Morgan fingerprint density at radius 2 is 1.93 bits per heavy atom. The highest BCUT2D eigenvalue weighted by molar-refractivity contribution is 7.84. The van der Waals surface area contributed by atoms with Crippen LogP contribution in [0.25, 0.3) is 0 Å². The van der Waals surface area contributed by atoms with Crippen LogP contribution in [0.1, 0.15) is 25.7 Å². The van der Waals surface area contributed by atoms with Crippen LogP contribution in [-0.4, -0.2) is 46.3 Å². The summed E-state index contributed by atoms with van der Waals surface area (Å²) in [5.74, 6) is 0.867. The Morgan fingerprint density at radius 1 is 1.20 bits per heavy atom. The van der Waals surface area contributed by atoms with Crippen molar-refractivity contribution < 1.29 is 4.21 Å². The first-order chi connectivity index (χ1) is 7.18. The van der Waals surface area contributed by atoms with Gasteiger partial charge in [0.2, 0.25) is 0 Å². The molecule has 0 N–H and O–H groups in total. The molecule has 1 aliphatic rings. The molecular formula is C11H22N2OS. The Kier molecular flexibility index (Phi) is 5.76. The second-order valence-corrected chi connectivity index (χ2v) is 5.76. The Labute approximate surface area is 95.6 Å². The molecule has 0 aromatic rings. The van der Waals surface area contributed by atoms with E-state index in [1.165, 1.54) is 19.3 Å². The number of rotatable bonds is 7. The summed E-state index contributed by atoms with van der Waals surface area (Å²) in [4.78, 5) is 4.51. The molecule has 1 atom stereocenters. The summed E-state index contributed by atoms with van der Waals surface area (Å²) in [6, 6.07) is 0. The molecule has 3 nitrogen and oxygen atoms in total. The van der Waals surface area contributed by atoms with Gasteiger partial charge in [-0.3, -0.25) is 4.21 Å². The van der Waals surface area contributed by atoms with Crippen LogP contribution in [0.5, 0.6) is 0 Å². The third-order valence-electron chi connectivity index (χ3n) is 2.56. The summed E-state index contributed by atoms with van der Waals surface area (Å²) < 4.78 is 10.8. The minimum Gasteiger partial charge on any atom is -0.362 e. The SMILES string of the molecule is CN1C=CN(CCCCCCS(C)=O)C1. The Balaban J connectivity index is 1.89. The number of hydrogen-bond acceptors (Lipinski definition) is 3. The molecule has 1 unspecified atom stereocenters. The average molecular weight is 230 g/mol. The van der Waals surface area contributed by atoms with Gasteiger partial charge in [-0.15, -0.1) is 0 Å². The molecule has 0 bridgehead atoms. The van der Waals surface area contributed by atoms with Gasteiger partial charge in [-0.25, -0.2) is 0 Å². The van der Waals surface area contributed by atoms with E-state index in [1.54, 1.807) is 6.26 Å². The molecule has 1 aliphatic heterocycles. The number of nitrogens with zero attached hydrogens (tertiary/aromatic N) is 2. The van der Waals surface area contributed by atoms with Crippen LogP contribution in [-0.2, 0) is 10.8 Å². The molecule has 1 rings (SSSR count). The van der Waals surface area contributed by atoms with Gasteiger partial charge < -0.3 is 9.80 Å². The van der Waals surface area contributed by atoms with Gasteiger partial charge in [0, 0.05) is 48.8 Å². The van der Waals surface area contributed by atoms with Crippen molar-refractivity contribution in [2.45, 2.75) is 25.7 Å². The van der Waals surface area contributed by atoms with Crippen molar-refractivity contribution in [2.75, 3.05) is 32.3 Å². The van der Waals surface area contributed by atoms with Crippen molar-refractivity contribution in [1.82, 2.24) is 9.80 Å². The highest BCUT2D eigenvalue weighted by Crippen LogP contribution is 2.07. The van der Waals surface area contributed by atoms with Crippen LogP contribution in [0.4, 0.5) is 0 Å². The average Bonchev–Trinajstić information content (AvgIpc) is 2.57. The van der Waals surface area contributed by atoms with Gasteiger partial charge in [-0.05, 0) is 12.8 Å². The zero-order valence-corrected chi connectivity index (χ0v) is 10.6. The molecule has 0 spiro atoms. The predicted octanol–water partition coefficient (Wildman–Crippen LogP) is 1.60. The maximum atomic E-state index is 10.8. The first-order valence-electron chi connectivity index (χ1n) is 5.61. The maximum absolute atomic E-state index is 10.8. The van der Waals surface area contributed by atoms with E-state index in [4.69, 9.17) is 0 Å². The second-order valence-electron chi connectivity index (χ2n) is 4.20. The summed E-state index contributed by atoms with van der Waals surface area (Å²) in [5, 5.41) is 0. The zero-order valence-electron chi connectivity index (χ0n) is 9.82. The van der Waals surface area contributed by atoms with Crippen molar-refractivity contribution in [3.8, 4) is 0 Å². The van der Waals surface area contributed by atoms with Crippen molar-refractivity contribution in [3.05, 3.63) is 12.4 Å². The first kappa shape index (κ1) is 12.6. The maximum Gasteiger partial charge on any atom is 0.0890 e. The largest absolute Gasteiger partial charge is 0.362 e. The Hall–Kier alpha value is -0.510. The van der Waals surface area contributed by atoms with Gasteiger partial charge in [0.25, 0.3) is 0 Å². The second kappa shape index (κ2) is 6.88. The van der Waals surface area contributed by atoms with E-state index in [2.05, 4.69) is 29.2 Å². The van der Waals surface area contributed by atoms with E-state index in [-0.39, 0.29) is 0 Å². The van der Waals surface area contributed by atoms with Crippen LogP contribution in [0.2, 0.25) is 0 Å². The molecule has 0 radical (unpaired) electrons. The molecule has 0 fully saturated rings. The molecule has 0 aliphatic carbocycles. The molecular weight excluding hydrogens is 208 g/mol. The van der Waals surface area contributed by atoms with Crippen LogP contribution in [0, 0.1) is 0 Å². The van der Waals surface area contributed by atoms with E-state index in [9.17, 15) is 4.21 Å². The first-order valence-corrected chi connectivity index (χ1v) is 7.34. The third kappa shape index (κ3) is 5.82. The van der Waals surface area contributed by atoms with Crippen molar-refractivity contribution in [1.29, 1.82) is 0 Å². The fraction of sp³-hybridized carbons (Fsp3) is 0.818. The monoisotopic (exact) mass is 230 g/mol. The molecule has 0 aromatic heterocycles. The van der Waals surface area contributed by atoms with Gasteiger partial charge in [0.15, 0.2) is 0 Å². The highest BCUT2D eigenvalue weighted by Gasteiger charge is 2.06. The van der Waals surface area contributed by atoms with Crippen molar-refractivity contribution in [2.24, 2.45) is 0 Å². The fourth-order valence-electron chi connectivity index (χ4n) is 1.71. The predicted molar refractivity (Wildman–Crippen MR) is 65.9 cm³/mol. The van der Waals surface area contributed by atoms with Crippen molar-refractivity contribution >= 4 is 10.8 Å². The summed E-state index contributed by atoms with van der Waals surface area (Å²) in [5.41, 5.74) is 0. The normalized spacial score (nSPS) is 17.5. The summed E-state index contributed by atoms with van der Waals surface area (Å²) in [6.07, 6.45) is 10.9. The van der Waals surface area contributed by atoms with Gasteiger partial charge in [0.05, 0.1) is 6.67 Å². The van der Waals surface area contributed by atoms with Gasteiger partial charge in [0.1, 0.15) is 0 Å².